The molecule has 0 amide bonds. The van der Waals surface area contributed by atoms with Gasteiger partial charge in [-0.05, 0) is 54.7 Å². The van der Waals surface area contributed by atoms with Gasteiger partial charge in [0, 0.05) is 20.0 Å². The van der Waals surface area contributed by atoms with Gasteiger partial charge in [0.05, 0.1) is 31.0 Å². The molecule has 0 spiro atoms. The summed E-state index contributed by atoms with van der Waals surface area (Å²) in [6.07, 6.45) is 0.258. The van der Waals surface area contributed by atoms with Crippen LogP contribution in [0.2, 0.25) is 0 Å². The Labute approximate surface area is 166 Å². The lowest BCUT2D eigenvalue weighted by molar-refractivity contribution is -0.143. The number of anilines is 2. The van der Waals surface area contributed by atoms with Crippen molar-refractivity contribution in [2.75, 3.05) is 30.7 Å². The van der Waals surface area contributed by atoms with E-state index >= 15 is 0 Å². The van der Waals surface area contributed by atoms with Gasteiger partial charge in [-0.2, -0.15) is 0 Å². The summed E-state index contributed by atoms with van der Waals surface area (Å²) >= 11 is 0. The normalized spacial score (nSPS) is 14.2. The first-order chi connectivity index (χ1) is 13.4. The van der Waals surface area contributed by atoms with Gasteiger partial charge in [0.2, 0.25) is 0 Å². The minimum Gasteiger partial charge on any atom is -0.466 e. The van der Waals surface area contributed by atoms with Gasteiger partial charge < -0.3 is 9.84 Å². The lowest BCUT2D eigenvalue weighted by Crippen LogP contribution is -2.39. The van der Waals surface area contributed by atoms with E-state index in [0.29, 0.717) is 6.61 Å². The molecule has 150 valence electrons. The molecule has 1 atom stereocenters. The first-order valence-corrected chi connectivity index (χ1v) is 9.60. The maximum atomic E-state index is 12.4. The summed E-state index contributed by atoms with van der Waals surface area (Å²) in [5, 5.41) is 13.7. The molecule has 0 aromatic heterocycles. The van der Waals surface area contributed by atoms with E-state index in [9.17, 15) is 9.90 Å². The topological polar surface area (TPSA) is 65.0 Å². The summed E-state index contributed by atoms with van der Waals surface area (Å²) in [4.78, 5) is 12.4. The van der Waals surface area contributed by atoms with Gasteiger partial charge in [-0.1, -0.05) is 24.3 Å². The first kappa shape index (κ1) is 20.2. The molecule has 0 unspecified atom stereocenters. The van der Waals surface area contributed by atoms with Gasteiger partial charge in [-0.25, -0.2) is 0 Å². The number of nitrogens with one attached hydrogen (secondary N) is 1. The number of benzene rings is 2. The largest absolute Gasteiger partial charge is 0.466 e. The van der Waals surface area contributed by atoms with Crippen LogP contribution in [0.3, 0.4) is 0 Å². The van der Waals surface area contributed by atoms with Crippen LogP contribution in [0.1, 0.15) is 47.1 Å². The summed E-state index contributed by atoms with van der Waals surface area (Å²) in [6, 6.07) is 10.2. The van der Waals surface area contributed by atoms with Crippen LogP contribution in [0.5, 0.6) is 0 Å². The van der Waals surface area contributed by atoms with E-state index in [1.807, 2.05) is 56.2 Å². The molecule has 2 aromatic carbocycles. The fourth-order valence-electron chi connectivity index (χ4n) is 3.97. The number of carbonyl (C=O) groups excluding carboxylic acids is 1. The van der Waals surface area contributed by atoms with Crippen molar-refractivity contribution in [2.24, 2.45) is 0 Å². The predicted octanol–water partition coefficient (Wildman–Crippen LogP) is 3.19. The third-order valence-electron chi connectivity index (χ3n) is 5.45. The third kappa shape index (κ3) is 3.70. The van der Waals surface area contributed by atoms with Crippen LogP contribution in [0.25, 0.3) is 0 Å². The van der Waals surface area contributed by atoms with Gasteiger partial charge >= 0.3 is 5.97 Å². The number of fused-ring (bicyclic) bond motifs is 1. The van der Waals surface area contributed by atoms with E-state index in [4.69, 9.17) is 4.74 Å². The average Bonchev–Trinajstić information content (AvgIpc) is 2.96. The molecule has 3 rings (SSSR count). The van der Waals surface area contributed by atoms with Gasteiger partial charge in [-0.3, -0.25) is 14.8 Å². The Morgan fingerprint density at radius 3 is 2.61 bits per heavy atom. The molecule has 0 radical (unpaired) electrons. The molecule has 1 aliphatic rings. The Bertz CT molecular complexity index is 882. The summed E-state index contributed by atoms with van der Waals surface area (Å²) in [6.45, 7) is 6.23. The Kier molecular flexibility index (Phi) is 5.91. The van der Waals surface area contributed by atoms with Crippen LogP contribution < -0.4 is 15.6 Å². The van der Waals surface area contributed by atoms with Crippen molar-refractivity contribution >= 4 is 17.3 Å². The molecule has 0 bridgehead atoms. The number of aliphatic hydroxyl groups excluding tert-OH is 1. The number of hydrazine groups is 2. The second-order valence-electron chi connectivity index (χ2n) is 7.27. The molecule has 0 saturated carbocycles. The number of aryl methyl sites for hydroxylation is 1. The van der Waals surface area contributed by atoms with E-state index < -0.39 is 0 Å². The number of aliphatic hydroxyl groups is 1. The Morgan fingerprint density at radius 1 is 1.18 bits per heavy atom. The number of carbonyl (C=O) groups is 1. The first-order valence-electron chi connectivity index (χ1n) is 9.60. The zero-order chi connectivity index (χ0) is 20.4. The Morgan fingerprint density at radius 2 is 1.93 bits per heavy atom. The van der Waals surface area contributed by atoms with E-state index in [1.54, 1.807) is 0 Å². The lowest BCUT2D eigenvalue weighted by atomic mass is 9.84. The summed E-state index contributed by atoms with van der Waals surface area (Å²) in [7, 11) is 3.96. The van der Waals surface area contributed by atoms with E-state index in [2.05, 4.69) is 24.6 Å². The Hall–Kier alpha value is -2.57. The molecular weight excluding hydrogens is 354 g/mol. The van der Waals surface area contributed by atoms with E-state index in [-0.39, 0.29) is 24.9 Å². The minimum atomic E-state index is -0.220. The zero-order valence-electron chi connectivity index (χ0n) is 17.2. The van der Waals surface area contributed by atoms with Crippen LogP contribution >= 0.6 is 0 Å². The molecule has 0 aliphatic carbocycles. The molecule has 28 heavy (non-hydrogen) atoms. The van der Waals surface area contributed by atoms with Crippen molar-refractivity contribution in [1.82, 2.24) is 5.53 Å². The molecular formula is C22H29N3O3. The highest BCUT2D eigenvalue weighted by Crippen LogP contribution is 2.41. The molecule has 1 aliphatic heterocycles. The molecule has 6 heteroatoms. The fraction of sp³-hybridized carbons (Fsp3) is 0.409. The SMILES string of the molecule is CCOC(=O)C[C@H](c1ccc(C)c(CO)c1)c1ccc2c(c1C)N(C)NN2C. The monoisotopic (exact) mass is 383 g/mol. The van der Waals surface area contributed by atoms with E-state index in [0.717, 1.165) is 39.2 Å². The third-order valence-corrected chi connectivity index (χ3v) is 5.45. The number of ether oxygens (including phenoxy) is 1. The molecule has 1 heterocycles. The second kappa shape index (κ2) is 8.20. The summed E-state index contributed by atoms with van der Waals surface area (Å²) in [5.41, 5.74) is 10.6. The van der Waals surface area contributed by atoms with E-state index in [1.165, 1.54) is 0 Å². The molecule has 2 aromatic rings. The zero-order valence-corrected chi connectivity index (χ0v) is 17.2. The fourth-order valence-corrected chi connectivity index (χ4v) is 3.97. The average molecular weight is 383 g/mol. The minimum absolute atomic E-state index is 0.0214. The maximum Gasteiger partial charge on any atom is 0.306 e. The van der Waals surface area contributed by atoms with Crippen molar-refractivity contribution in [1.29, 1.82) is 0 Å². The molecule has 0 saturated heterocycles. The van der Waals surface area contributed by atoms with Gasteiger partial charge in [0.25, 0.3) is 0 Å². The number of esters is 1. The van der Waals surface area contributed by atoms with Crippen LogP contribution in [-0.2, 0) is 16.1 Å². The van der Waals surface area contributed by atoms with Crippen molar-refractivity contribution < 1.29 is 14.6 Å². The predicted molar refractivity (Wildman–Crippen MR) is 111 cm³/mol. The number of nitrogens with zero attached hydrogens (tertiary/aromatic N) is 2. The summed E-state index contributed by atoms with van der Waals surface area (Å²) < 4.78 is 5.25. The van der Waals surface area contributed by atoms with Gasteiger partial charge in [-0.15, -0.1) is 5.53 Å². The number of hydrogen-bond acceptors (Lipinski definition) is 6. The van der Waals surface area contributed by atoms with Crippen molar-refractivity contribution in [3.05, 3.63) is 58.1 Å². The van der Waals surface area contributed by atoms with Crippen molar-refractivity contribution in [2.45, 2.75) is 39.7 Å². The quantitative estimate of drug-likeness (QED) is 0.747. The molecule has 2 N–H and O–H groups in total. The second-order valence-corrected chi connectivity index (χ2v) is 7.27. The standard InChI is InChI=1S/C22H29N3O3/c1-6-28-21(27)12-19(16-8-7-14(2)17(11-16)13-26)18-9-10-20-22(15(18)3)25(5)23-24(20)4/h7-11,19,23,26H,6,12-13H2,1-5H3/t19-/m1/s1. The summed E-state index contributed by atoms with van der Waals surface area (Å²) in [5.74, 6) is -0.364. The lowest BCUT2D eigenvalue weighted by Gasteiger charge is -2.23. The van der Waals surface area contributed by atoms with Crippen molar-refractivity contribution in [3.8, 4) is 0 Å². The van der Waals surface area contributed by atoms with Gasteiger partial charge in [0.15, 0.2) is 0 Å². The highest BCUT2D eigenvalue weighted by molar-refractivity contribution is 5.79. The molecule has 0 fully saturated rings. The maximum absolute atomic E-state index is 12.4. The van der Waals surface area contributed by atoms with Crippen molar-refractivity contribution in [3.63, 3.8) is 0 Å². The Balaban J connectivity index is 2.10. The smallest absolute Gasteiger partial charge is 0.306 e. The van der Waals surface area contributed by atoms with Crippen LogP contribution in [0, 0.1) is 13.8 Å². The number of rotatable bonds is 6. The molecule has 6 nitrogen and oxygen atoms in total. The highest BCUT2D eigenvalue weighted by Gasteiger charge is 2.28. The highest BCUT2D eigenvalue weighted by atomic mass is 16.5. The number of hydrogen-bond donors (Lipinski definition) is 2. The van der Waals surface area contributed by atoms with Gasteiger partial charge in [0.1, 0.15) is 0 Å². The van der Waals surface area contributed by atoms with Crippen LogP contribution in [0.4, 0.5) is 11.4 Å². The van der Waals surface area contributed by atoms with Crippen LogP contribution in [-0.4, -0.2) is 31.8 Å². The van der Waals surface area contributed by atoms with Crippen LogP contribution in [0.15, 0.2) is 30.3 Å².